The minimum atomic E-state index is 0. The summed E-state index contributed by atoms with van der Waals surface area (Å²) in [5.74, 6) is 0. The number of hydrogen-bond donors (Lipinski definition) is 0. The van der Waals surface area contributed by atoms with Gasteiger partial charge in [-0.05, 0) is 6.42 Å². The minimum absolute atomic E-state index is 0. The second-order valence-electron chi connectivity index (χ2n) is 6.30. The van der Waals surface area contributed by atoms with E-state index in [0.29, 0.717) is 0 Å². The topological polar surface area (TPSA) is 0 Å². The Labute approximate surface area is 223 Å². The molecule has 31 heavy (non-hydrogen) atoms. The van der Waals surface area contributed by atoms with E-state index in [1.54, 1.807) is 0 Å². The Balaban J connectivity index is -0.000000425. The molecule has 0 aliphatic rings. The van der Waals surface area contributed by atoms with Gasteiger partial charge in [-0.2, -0.15) is 6.07 Å². The van der Waals surface area contributed by atoms with E-state index >= 15 is 0 Å². The second-order valence-corrected chi connectivity index (χ2v) is 6.30. The third-order valence-corrected chi connectivity index (χ3v) is 4.58. The Morgan fingerprint density at radius 1 is 0.677 bits per heavy atom. The van der Waals surface area contributed by atoms with Crippen molar-refractivity contribution in [2.24, 2.45) is 0 Å². The van der Waals surface area contributed by atoms with Gasteiger partial charge in [0.15, 0.2) is 0 Å². The van der Waals surface area contributed by atoms with Gasteiger partial charge in [0.25, 0.3) is 0 Å². The summed E-state index contributed by atoms with van der Waals surface area (Å²) in [6.07, 6.45) is 2.91. The van der Waals surface area contributed by atoms with E-state index in [1.165, 1.54) is 37.9 Å². The average Bonchev–Trinajstić information content (AvgIpc) is 3.23. The van der Waals surface area contributed by atoms with Crippen LogP contribution in [0.25, 0.3) is 32.3 Å². The van der Waals surface area contributed by atoms with E-state index in [2.05, 4.69) is 97.6 Å². The maximum atomic E-state index is 3.73. The van der Waals surface area contributed by atoms with Crippen LogP contribution >= 0.6 is 0 Å². The molecule has 5 aromatic carbocycles. The number of allylic oxidation sites excluding steroid dienone is 1. The maximum Gasteiger partial charge on any atom is 2.00 e. The van der Waals surface area contributed by atoms with Crippen molar-refractivity contribution in [1.82, 2.24) is 0 Å². The number of hydrogen-bond acceptors (Lipinski definition) is 0. The molecule has 0 amide bonds. The van der Waals surface area contributed by atoms with Crippen molar-refractivity contribution in [2.45, 2.75) is 6.42 Å². The molecule has 0 bridgehead atoms. The first kappa shape index (κ1) is 34.2. The first-order valence-electron chi connectivity index (χ1n) is 8.63. The van der Waals surface area contributed by atoms with E-state index in [0.717, 1.165) is 6.42 Å². The molecular weight excluding hydrogens is 515 g/mol. The minimum Gasteiger partial charge on any atom is -1.00 e. The van der Waals surface area contributed by atoms with Gasteiger partial charge in [-0.3, -0.25) is 0 Å². The van der Waals surface area contributed by atoms with Crippen molar-refractivity contribution in [3.05, 3.63) is 124 Å². The largest absolute Gasteiger partial charge is 2.00 e. The number of halogens is 2. The van der Waals surface area contributed by atoms with Crippen LogP contribution in [0.1, 0.15) is 5.56 Å². The Morgan fingerprint density at radius 2 is 1.13 bits per heavy atom. The molecule has 0 nitrogen and oxygen atoms in total. The van der Waals surface area contributed by atoms with Crippen molar-refractivity contribution in [3.63, 3.8) is 0 Å². The smallest absolute Gasteiger partial charge is 1.00 e. The summed E-state index contributed by atoms with van der Waals surface area (Å²) >= 11 is 0. The van der Waals surface area contributed by atoms with Gasteiger partial charge in [0.1, 0.15) is 0 Å². The van der Waals surface area contributed by atoms with Gasteiger partial charge in [0.05, 0.1) is 0 Å². The molecule has 4 radical (unpaired) electrons. The second kappa shape index (κ2) is 16.2. The summed E-state index contributed by atoms with van der Waals surface area (Å²) in [6.45, 7) is 3.73. The van der Waals surface area contributed by atoms with E-state index in [4.69, 9.17) is 0 Å². The standard InChI is InChI=1S/C13H9.C12H11.2CH3.2ClH.Si.Zr/c1-3-7-12-10(5-1)9-11-6-2-4-8-13(11)12;1-2-5-10-8-11-6-3-4-7-12(11)9-10;;;;;;/h1-9H;2-4,6-9H,1,5H2;2*1H3;2*1H;;/q4*-1;;;;+2/p-2. The van der Waals surface area contributed by atoms with Crippen LogP contribution < -0.4 is 24.8 Å². The molecule has 0 saturated carbocycles. The van der Waals surface area contributed by atoms with Gasteiger partial charge >= 0.3 is 26.2 Å². The van der Waals surface area contributed by atoms with Crippen molar-refractivity contribution >= 4 is 43.3 Å². The van der Waals surface area contributed by atoms with Gasteiger partial charge in [0, 0.05) is 11.0 Å². The SMILES string of the molecule is C=CCc1cc2ccccc2[cH-]1.[CH3-].[CH3-].[Cl-].[Cl-].[Si].[Zr+2].c1ccc2c(c1)[cH-]c1ccccc12. The average molecular weight is 541 g/mol. The first-order valence-corrected chi connectivity index (χ1v) is 8.63. The molecule has 0 atom stereocenters. The Bertz CT molecular complexity index is 1070. The zero-order chi connectivity index (χ0) is 17.1. The normalized spacial score (nSPS) is 8.65. The van der Waals surface area contributed by atoms with Crippen LogP contribution in [0.3, 0.4) is 0 Å². The van der Waals surface area contributed by atoms with Crippen molar-refractivity contribution in [3.8, 4) is 0 Å². The quantitative estimate of drug-likeness (QED) is 0.181. The fourth-order valence-corrected chi connectivity index (χ4v) is 3.40. The van der Waals surface area contributed by atoms with Crippen molar-refractivity contribution in [2.75, 3.05) is 0 Å². The van der Waals surface area contributed by atoms with E-state index in [9.17, 15) is 0 Å². The van der Waals surface area contributed by atoms with Crippen LogP contribution in [0.5, 0.6) is 0 Å². The molecule has 5 rings (SSSR count). The first-order chi connectivity index (χ1) is 12.3. The number of rotatable bonds is 2. The molecule has 4 heteroatoms. The van der Waals surface area contributed by atoms with Crippen LogP contribution in [-0.2, 0) is 32.6 Å². The van der Waals surface area contributed by atoms with Crippen molar-refractivity contribution in [1.29, 1.82) is 0 Å². The molecule has 0 aliphatic carbocycles. The molecule has 0 aliphatic heterocycles. The molecule has 0 unspecified atom stereocenters. The van der Waals surface area contributed by atoms with Gasteiger partial charge in [-0.25, -0.2) is 0 Å². The predicted octanol–water partition coefficient (Wildman–Crippen LogP) is 1.52. The van der Waals surface area contributed by atoms with Gasteiger partial charge in [0.2, 0.25) is 0 Å². The number of fused-ring (bicyclic) bond motifs is 4. The van der Waals surface area contributed by atoms with Crippen LogP contribution in [0.2, 0.25) is 0 Å². The third kappa shape index (κ3) is 7.88. The van der Waals surface area contributed by atoms with E-state index in [1.807, 2.05) is 6.08 Å². The summed E-state index contributed by atoms with van der Waals surface area (Å²) in [5.41, 5.74) is 1.35. The zero-order valence-electron chi connectivity index (χ0n) is 17.9. The molecule has 0 spiro atoms. The number of benzene rings is 3. The summed E-state index contributed by atoms with van der Waals surface area (Å²) in [5, 5.41) is 8.05. The van der Waals surface area contributed by atoms with Gasteiger partial charge in [-0.1, -0.05) is 48.5 Å². The van der Waals surface area contributed by atoms with Crippen LogP contribution in [0.15, 0.2) is 104 Å². The molecule has 0 fully saturated rings. The fraction of sp³-hybridized carbons (Fsp3) is 0.0370. The van der Waals surface area contributed by atoms with E-state index < -0.39 is 0 Å². The van der Waals surface area contributed by atoms with Gasteiger partial charge in [-0.15, -0.1) is 86.9 Å². The molecular formula is C27H26Cl2SiZr-4. The molecule has 0 heterocycles. The Hall–Kier alpha value is -1.44. The molecule has 0 saturated heterocycles. The Morgan fingerprint density at radius 3 is 1.61 bits per heavy atom. The summed E-state index contributed by atoms with van der Waals surface area (Å²) in [7, 11) is 0. The molecule has 0 aromatic heterocycles. The summed E-state index contributed by atoms with van der Waals surface area (Å²) < 4.78 is 0. The molecule has 160 valence electrons. The maximum absolute atomic E-state index is 3.73. The van der Waals surface area contributed by atoms with Crippen LogP contribution in [0, 0.1) is 14.9 Å². The zero-order valence-corrected chi connectivity index (χ0v) is 22.9. The third-order valence-electron chi connectivity index (χ3n) is 4.58. The fourth-order valence-electron chi connectivity index (χ4n) is 3.40. The predicted molar refractivity (Wildman–Crippen MR) is 129 cm³/mol. The Kier molecular flexibility index (Phi) is 17.9. The van der Waals surface area contributed by atoms with Crippen LogP contribution in [0.4, 0.5) is 0 Å². The van der Waals surface area contributed by atoms with Crippen LogP contribution in [-0.4, -0.2) is 11.0 Å². The summed E-state index contributed by atoms with van der Waals surface area (Å²) in [4.78, 5) is 0. The van der Waals surface area contributed by atoms with Crippen molar-refractivity contribution < 1.29 is 51.0 Å². The molecule has 5 aromatic rings. The summed E-state index contributed by atoms with van der Waals surface area (Å²) in [6, 6.07) is 32.1. The van der Waals surface area contributed by atoms with Gasteiger partial charge < -0.3 is 39.7 Å². The molecule has 0 N–H and O–H groups in total. The van der Waals surface area contributed by atoms with E-state index in [-0.39, 0.29) is 76.8 Å². The monoisotopic (exact) mass is 538 g/mol.